The van der Waals surface area contributed by atoms with E-state index in [1.165, 1.54) is 89.9 Å². The maximum absolute atomic E-state index is 12.9. The second-order valence-corrected chi connectivity index (χ2v) is 21.3. The third-order valence-electron chi connectivity index (χ3n) is 13.4. The molecule has 0 aliphatic carbocycles. The Morgan fingerprint density at radius 2 is 0.482 bits per heavy atom. The monoisotopic (exact) mass is 1140 g/mol. The predicted molar refractivity (Wildman–Crippen MR) is 361 cm³/mol. The number of ether oxygens (including phenoxy) is 3. The highest BCUT2D eigenvalue weighted by atomic mass is 16.6. The van der Waals surface area contributed by atoms with Crippen LogP contribution in [0.25, 0.3) is 0 Å². The van der Waals surface area contributed by atoms with Crippen LogP contribution in [-0.4, -0.2) is 37.2 Å². The quantitative estimate of drug-likeness (QED) is 0.0261. The molecule has 0 aromatic rings. The number of unbranched alkanes of at least 4 members (excludes halogenated alkanes) is 17. The Morgan fingerprint density at radius 3 is 0.783 bits per heavy atom. The number of esters is 3. The summed E-state index contributed by atoms with van der Waals surface area (Å²) in [5.74, 6) is -1.06. The normalized spacial score (nSPS) is 13.3. The van der Waals surface area contributed by atoms with E-state index in [2.05, 4.69) is 203 Å². The van der Waals surface area contributed by atoms with Gasteiger partial charge in [0.2, 0.25) is 0 Å². The Balaban J connectivity index is 4.57. The van der Waals surface area contributed by atoms with Crippen LogP contribution < -0.4 is 0 Å². The third kappa shape index (κ3) is 67.2. The van der Waals surface area contributed by atoms with E-state index in [9.17, 15) is 14.4 Å². The average molecular weight is 1140 g/mol. The summed E-state index contributed by atoms with van der Waals surface area (Å²) in [5.41, 5.74) is 0. The molecular formula is C77H120O6. The lowest BCUT2D eigenvalue weighted by Gasteiger charge is -2.18. The number of rotatable bonds is 58. The van der Waals surface area contributed by atoms with Gasteiger partial charge in [-0.15, -0.1) is 0 Å². The van der Waals surface area contributed by atoms with Crippen molar-refractivity contribution in [3.8, 4) is 0 Å². The zero-order chi connectivity index (χ0) is 59.9. The maximum atomic E-state index is 12.9. The van der Waals surface area contributed by atoms with Gasteiger partial charge in [0.1, 0.15) is 13.2 Å². The van der Waals surface area contributed by atoms with Crippen molar-refractivity contribution >= 4 is 17.9 Å². The van der Waals surface area contributed by atoms with Crippen molar-refractivity contribution in [1.29, 1.82) is 0 Å². The molecule has 6 nitrogen and oxygen atoms in total. The molecule has 0 rings (SSSR count). The largest absolute Gasteiger partial charge is 0.462 e. The maximum Gasteiger partial charge on any atom is 0.306 e. The Morgan fingerprint density at radius 1 is 0.253 bits per heavy atom. The molecule has 0 saturated carbocycles. The Labute approximate surface area is 510 Å². The molecule has 0 amide bonds. The van der Waals surface area contributed by atoms with E-state index in [0.717, 1.165) is 122 Å². The molecular weight excluding hydrogens is 1020 g/mol. The summed E-state index contributed by atoms with van der Waals surface area (Å²) in [6.45, 7) is 6.30. The van der Waals surface area contributed by atoms with E-state index in [1.54, 1.807) is 0 Å². The summed E-state index contributed by atoms with van der Waals surface area (Å²) in [5, 5.41) is 0. The van der Waals surface area contributed by atoms with Crippen molar-refractivity contribution in [3.63, 3.8) is 0 Å². The van der Waals surface area contributed by atoms with Crippen molar-refractivity contribution < 1.29 is 28.6 Å². The lowest BCUT2D eigenvalue weighted by molar-refractivity contribution is -0.167. The molecule has 1 atom stereocenters. The molecule has 0 spiro atoms. The van der Waals surface area contributed by atoms with E-state index in [-0.39, 0.29) is 44.0 Å². The van der Waals surface area contributed by atoms with Crippen LogP contribution in [0.5, 0.6) is 0 Å². The minimum atomic E-state index is -0.846. The molecule has 0 N–H and O–H groups in total. The molecule has 0 saturated heterocycles. The smallest absolute Gasteiger partial charge is 0.306 e. The van der Waals surface area contributed by atoms with Crippen LogP contribution in [0.15, 0.2) is 182 Å². The molecule has 83 heavy (non-hydrogen) atoms. The van der Waals surface area contributed by atoms with Crippen LogP contribution in [0.1, 0.15) is 265 Å². The van der Waals surface area contributed by atoms with Crippen molar-refractivity contribution in [1.82, 2.24) is 0 Å². The van der Waals surface area contributed by atoms with Gasteiger partial charge in [-0.25, -0.2) is 0 Å². The van der Waals surface area contributed by atoms with Crippen LogP contribution in [0.4, 0.5) is 0 Å². The lowest BCUT2D eigenvalue weighted by atomic mass is 10.1. The summed E-state index contributed by atoms with van der Waals surface area (Å²) < 4.78 is 16.8. The Kier molecular flexibility index (Phi) is 64.4. The molecule has 6 heteroatoms. The Bertz CT molecular complexity index is 1940. The van der Waals surface area contributed by atoms with Gasteiger partial charge in [0.15, 0.2) is 6.10 Å². The fourth-order valence-electron chi connectivity index (χ4n) is 8.47. The first-order valence-corrected chi connectivity index (χ1v) is 33.3. The van der Waals surface area contributed by atoms with Gasteiger partial charge in [0.05, 0.1) is 0 Å². The zero-order valence-electron chi connectivity index (χ0n) is 53.1. The van der Waals surface area contributed by atoms with Crippen molar-refractivity contribution in [2.75, 3.05) is 13.2 Å². The highest BCUT2D eigenvalue weighted by molar-refractivity contribution is 5.71. The zero-order valence-corrected chi connectivity index (χ0v) is 53.1. The molecule has 0 aliphatic heterocycles. The van der Waals surface area contributed by atoms with E-state index in [0.29, 0.717) is 19.3 Å². The van der Waals surface area contributed by atoms with Crippen LogP contribution in [-0.2, 0) is 28.6 Å². The first kappa shape index (κ1) is 77.5. The van der Waals surface area contributed by atoms with Gasteiger partial charge in [0.25, 0.3) is 0 Å². The number of allylic oxidation sites excluding steroid dienone is 30. The summed E-state index contributed by atoms with van der Waals surface area (Å²) in [6.07, 6.45) is 103. The number of carbonyl (C=O) groups excluding carboxylic acids is 3. The first-order valence-electron chi connectivity index (χ1n) is 33.3. The van der Waals surface area contributed by atoms with Crippen LogP contribution in [0.2, 0.25) is 0 Å². The number of carbonyl (C=O) groups is 3. The molecule has 0 aromatic carbocycles. The van der Waals surface area contributed by atoms with Crippen molar-refractivity contribution in [2.45, 2.75) is 271 Å². The van der Waals surface area contributed by atoms with E-state index in [4.69, 9.17) is 14.2 Å². The molecule has 0 aromatic heterocycles. The second-order valence-electron chi connectivity index (χ2n) is 21.3. The number of hydrogen-bond donors (Lipinski definition) is 0. The highest BCUT2D eigenvalue weighted by Crippen LogP contribution is 2.14. The molecule has 1 unspecified atom stereocenters. The molecule has 0 bridgehead atoms. The standard InChI is InChI=1S/C77H120O6/c1-4-7-10-13-16-19-22-25-28-31-33-35-37-38-40-41-43-46-49-52-55-58-61-64-67-70-76(79)82-73-74(72-81-75(78)69-66-63-60-57-54-51-48-45-30-27-24-21-18-15-12-9-6-3)83-77(80)71-68-65-62-59-56-53-50-47-44-42-39-36-34-32-29-26-23-20-17-14-11-8-5-2/h8-9,11-12,17-18,20-22,25-27,29-31,33-34,36-38,42,44,48,50-51,53,57,59-60,62,74H,4-7,10,13-16,19,23-24,28,32,35,39-41,43,45-47,49,52,54-56,58,61,63-73H2,1-3H3/b11-8-,12-9-,20-17-,21-18-,25-22-,29-26-,30-27-,33-31-,36-34-,38-37-,44-42-,51-48-,53-50-,60-57-,62-59-. The summed E-state index contributed by atoms with van der Waals surface area (Å²) in [4.78, 5) is 38.4. The van der Waals surface area contributed by atoms with Gasteiger partial charge in [-0.05, 0) is 148 Å². The second kappa shape index (κ2) is 69.0. The fourth-order valence-corrected chi connectivity index (χ4v) is 8.47. The SMILES string of the molecule is CC/C=C\C/C=C\C/C=C\C/C=C\C/C=C\C/C=C\C/C=C\CCCC(=O)OC(COC(=O)CCC/C=C\C/C=C\C/C=C\C/C=C\C/C=C\CC)COC(=O)CCCCCCCCCCCC/C=C\C/C=C\C/C=C\CCCCCCC. The van der Waals surface area contributed by atoms with Crippen LogP contribution in [0.3, 0.4) is 0 Å². The third-order valence-corrected chi connectivity index (χ3v) is 13.4. The summed E-state index contributed by atoms with van der Waals surface area (Å²) in [6, 6.07) is 0. The van der Waals surface area contributed by atoms with E-state index >= 15 is 0 Å². The predicted octanol–water partition coefficient (Wildman–Crippen LogP) is 23.2. The van der Waals surface area contributed by atoms with E-state index < -0.39 is 6.10 Å². The summed E-state index contributed by atoms with van der Waals surface area (Å²) in [7, 11) is 0. The highest BCUT2D eigenvalue weighted by Gasteiger charge is 2.19. The van der Waals surface area contributed by atoms with Gasteiger partial charge in [-0.1, -0.05) is 280 Å². The molecule has 0 aliphatic rings. The molecule has 0 fully saturated rings. The number of hydrogen-bond acceptors (Lipinski definition) is 6. The summed E-state index contributed by atoms with van der Waals surface area (Å²) >= 11 is 0. The minimum Gasteiger partial charge on any atom is -0.462 e. The topological polar surface area (TPSA) is 78.9 Å². The van der Waals surface area contributed by atoms with Gasteiger partial charge in [-0.3, -0.25) is 14.4 Å². The van der Waals surface area contributed by atoms with Gasteiger partial charge in [0, 0.05) is 19.3 Å². The average Bonchev–Trinajstić information content (AvgIpc) is 3.49. The van der Waals surface area contributed by atoms with Crippen LogP contribution in [0, 0.1) is 0 Å². The molecule has 464 valence electrons. The van der Waals surface area contributed by atoms with Crippen molar-refractivity contribution in [2.24, 2.45) is 0 Å². The first-order chi connectivity index (χ1) is 41.0. The Hall–Kier alpha value is -5.49. The van der Waals surface area contributed by atoms with Crippen molar-refractivity contribution in [3.05, 3.63) is 182 Å². The van der Waals surface area contributed by atoms with Crippen LogP contribution >= 0.6 is 0 Å². The van der Waals surface area contributed by atoms with Gasteiger partial charge < -0.3 is 14.2 Å². The van der Waals surface area contributed by atoms with E-state index in [1.807, 2.05) is 0 Å². The van der Waals surface area contributed by atoms with Gasteiger partial charge in [-0.2, -0.15) is 0 Å². The van der Waals surface area contributed by atoms with Gasteiger partial charge >= 0.3 is 17.9 Å². The minimum absolute atomic E-state index is 0.130. The fraction of sp³-hybridized carbons (Fsp3) is 0.571. The molecule has 0 heterocycles. The lowest BCUT2D eigenvalue weighted by Crippen LogP contribution is -2.30. The molecule has 0 radical (unpaired) electrons.